The van der Waals surface area contributed by atoms with Crippen molar-refractivity contribution in [3.63, 3.8) is 0 Å². The number of carbonyl (C=O) groups is 1. The Bertz CT molecular complexity index is 1870. The topological polar surface area (TPSA) is 110 Å². The minimum atomic E-state index is -5.48. The average Bonchev–Trinajstić information content (AvgIpc) is 3.24. The molecule has 0 atom stereocenters. The van der Waals surface area contributed by atoms with E-state index in [4.69, 9.17) is 9.15 Å². The minimum absolute atomic E-state index is 0. The van der Waals surface area contributed by atoms with Crippen LogP contribution in [0.15, 0.2) is 76.0 Å². The van der Waals surface area contributed by atoms with Crippen LogP contribution in [0, 0.1) is 13.8 Å². The predicted octanol–water partition coefficient (Wildman–Crippen LogP) is 2.50. The first-order chi connectivity index (χ1) is 18.4. The van der Waals surface area contributed by atoms with Crippen LogP contribution < -0.4 is 39.4 Å². The van der Waals surface area contributed by atoms with Crippen molar-refractivity contribution in [2.24, 2.45) is 0 Å². The van der Waals surface area contributed by atoms with Crippen LogP contribution in [0.4, 0.5) is 13.2 Å². The molecule has 0 saturated carbocycles. The number of hydrogen-bond acceptors (Lipinski definition) is 7. The molecule has 40 heavy (non-hydrogen) atoms. The van der Waals surface area contributed by atoms with E-state index in [1.807, 2.05) is 25.1 Å². The number of ether oxygens (including phenoxy) is 1. The number of alkyl halides is 3. The number of benzene rings is 3. The molecular formula is C28H19F3NNaO6S. The van der Waals surface area contributed by atoms with Crippen molar-refractivity contribution in [1.29, 1.82) is 0 Å². The molecule has 0 spiro atoms. The molecule has 2 aromatic heterocycles. The number of rotatable bonds is 6. The molecule has 3 aromatic carbocycles. The summed E-state index contributed by atoms with van der Waals surface area (Å²) in [6.07, 6.45) is 0. The number of fused-ring (bicyclic) bond motifs is 2. The Kier molecular flexibility index (Phi) is 8.06. The van der Waals surface area contributed by atoms with Crippen molar-refractivity contribution < 1.29 is 70.2 Å². The smallest absolute Gasteiger partial charge is 0.545 e. The van der Waals surface area contributed by atoms with Crippen LogP contribution in [0.25, 0.3) is 33.3 Å². The first-order valence-corrected chi connectivity index (χ1v) is 13.0. The maximum atomic E-state index is 12.8. The number of nitrogens with zero attached hydrogens (tertiary/aromatic N) is 1. The summed E-state index contributed by atoms with van der Waals surface area (Å²) < 4.78 is 73.4. The van der Waals surface area contributed by atoms with Crippen LogP contribution in [0.2, 0.25) is 0 Å². The number of hydrogen-bond donors (Lipinski definition) is 0. The predicted molar refractivity (Wildman–Crippen MR) is 135 cm³/mol. The number of furan rings is 1. The van der Waals surface area contributed by atoms with Gasteiger partial charge in [0.15, 0.2) is 5.76 Å². The number of aromatic nitrogens is 1. The summed E-state index contributed by atoms with van der Waals surface area (Å²) in [7, 11) is -5.48. The molecule has 0 N–H and O–H groups in total. The fraction of sp³-hybridized carbons (Fsp3) is 0.143. The van der Waals surface area contributed by atoms with E-state index in [9.17, 15) is 31.5 Å². The van der Waals surface area contributed by atoms with Gasteiger partial charge in [-0.25, -0.2) is 13.4 Å². The summed E-state index contributed by atoms with van der Waals surface area (Å²) in [4.78, 5) is 16.0. The van der Waals surface area contributed by atoms with Gasteiger partial charge in [0.2, 0.25) is 0 Å². The molecule has 0 amide bonds. The van der Waals surface area contributed by atoms with Gasteiger partial charge in [0, 0.05) is 16.5 Å². The van der Waals surface area contributed by atoms with Crippen molar-refractivity contribution in [2.75, 3.05) is 0 Å². The molecule has 12 heteroatoms. The maximum absolute atomic E-state index is 12.8. The molecule has 0 aliphatic carbocycles. The fourth-order valence-electron chi connectivity index (χ4n) is 4.32. The third-order valence-electron chi connectivity index (χ3n) is 6.35. The number of pyridine rings is 1. The van der Waals surface area contributed by atoms with Gasteiger partial charge >= 0.3 is 35.1 Å². The molecule has 0 fully saturated rings. The van der Waals surface area contributed by atoms with Crippen LogP contribution >= 0.6 is 0 Å². The Labute approximate surface area is 248 Å². The van der Waals surface area contributed by atoms with Crippen molar-refractivity contribution in [1.82, 2.24) is 4.98 Å². The van der Waals surface area contributed by atoms with Gasteiger partial charge in [-0.2, -0.15) is 13.2 Å². The van der Waals surface area contributed by atoms with Gasteiger partial charge in [-0.3, -0.25) is 0 Å². The molecule has 2 heterocycles. The molecule has 0 saturated heterocycles. The zero-order valence-electron chi connectivity index (χ0n) is 21.5. The van der Waals surface area contributed by atoms with Gasteiger partial charge in [-0.15, -0.1) is 0 Å². The normalized spacial score (nSPS) is 11.9. The van der Waals surface area contributed by atoms with Crippen LogP contribution in [-0.2, 0) is 16.4 Å². The van der Waals surface area contributed by atoms with Crippen LogP contribution in [0.3, 0.4) is 0 Å². The van der Waals surface area contributed by atoms with Gasteiger partial charge in [0.25, 0.3) is 9.84 Å². The molecule has 0 aliphatic rings. The van der Waals surface area contributed by atoms with E-state index < -0.39 is 26.2 Å². The zero-order chi connectivity index (χ0) is 28.1. The van der Waals surface area contributed by atoms with Crippen LogP contribution in [0.1, 0.15) is 27.0 Å². The van der Waals surface area contributed by atoms with E-state index >= 15 is 0 Å². The largest absolute Gasteiger partial charge is 1.00 e. The number of aromatic carboxylic acids is 1. The van der Waals surface area contributed by atoms with E-state index in [1.165, 1.54) is 18.2 Å². The Balaban J connectivity index is 0.00000370. The van der Waals surface area contributed by atoms with E-state index in [1.54, 1.807) is 25.1 Å². The standard InChI is InChI=1S/C28H20F3NO6S.Na/c1-15-7-12-23(37-14-17-8-10-18(11-9-17)39(35,36)28(29,30)31)24-20(27(33)34)13-21(32-25(15)24)26-16(2)19-5-3-4-6-22(19)38-26;/h3-13H,14H2,1-2H3,(H,33,34);/q;+1/p-1. The molecular weight excluding hydrogens is 558 g/mol. The van der Waals surface area contributed by atoms with Crippen molar-refractivity contribution >= 4 is 37.7 Å². The number of aryl methyl sites for hydroxylation is 2. The second-order valence-electron chi connectivity index (χ2n) is 8.88. The van der Waals surface area contributed by atoms with Gasteiger partial charge in [-0.05, 0) is 55.3 Å². The van der Waals surface area contributed by atoms with Gasteiger partial charge in [0.05, 0.1) is 21.8 Å². The monoisotopic (exact) mass is 577 g/mol. The molecule has 0 unspecified atom stereocenters. The Hall–Kier alpha value is -3.38. The number of para-hydroxylation sites is 1. The summed E-state index contributed by atoms with van der Waals surface area (Å²) in [5, 5.41) is 13.3. The first-order valence-electron chi connectivity index (χ1n) is 11.6. The fourth-order valence-corrected chi connectivity index (χ4v) is 5.08. The molecule has 0 radical (unpaired) electrons. The number of carboxylic acid groups (broad SMARTS) is 1. The molecule has 200 valence electrons. The Morgan fingerprint density at radius 2 is 1.70 bits per heavy atom. The van der Waals surface area contributed by atoms with E-state index in [0.717, 1.165) is 23.1 Å². The second-order valence-corrected chi connectivity index (χ2v) is 10.8. The quantitative estimate of drug-likeness (QED) is 0.286. The Morgan fingerprint density at radius 1 is 1.02 bits per heavy atom. The van der Waals surface area contributed by atoms with Gasteiger partial charge in [-0.1, -0.05) is 36.4 Å². The summed E-state index contributed by atoms with van der Waals surface area (Å²) in [6, 6.07) is 16.0. The minimum Gasteiger partial charge on any atom is -0.545 e. The molecule has 5 rings (SSSR count). The van der Waals surface area contributed by atoms with Crippen molar-refractivity contribution in [3.05, 3.63) is 89.0 Å². The summed E-state index contributed by atoms with van der Waals surface area (Å²) >= 11 is 0. The summed E-state index contributed by atoms with van der Waals surface area (Å²) in [5.74, 6) is -0.892. The number of halogens is 3. The maximum Gasteiger partial charge on any atom is 1.00 e. The SMILES string of the molecule is Cc1c(-c2cc(C(=O)[O-])c3c(OCc4ccc(S(=O)(=O)C(F)(F)F)cc4)ccc(C)c3n2)oc2ccccc12.[Na+]. The average molecular weight is 578 g/mol. The zero-order valence-corrected chi connectivity index (χ0v) is 24.3. The van der Waals surface area contributed by atoms with E-state index in [2.05, 4.69) is 4.98 Å². The second kappa shape index (κ2) is 10.9. The molecule has 0 aliphatic heterocycles. The first kappa shape index (κ1) is 29.6. The summed E-state index contributed by atoms with van der Waals surface area (Å²) in [5.41, 5.74) is -2.50. The number of sulfone groups is 1. The number of carbonyl (C=O) groups excluding carboxylic acids is 1. The molecule has 7 nitrogen and oxygen atoms in total. The van der Waals surface area contributed by atoms with Crippen LogP contribution in [0.5, 0.6) is 5.75 Å². The summed E-state index contributed by atoms with van der Waals surface area (Å²) in [6.45, 7) is 3.43. The van der Waals surface area contributed by atoms with Gasteiger partial charge in [0.1, 0.15) is 23.6 Å². The number of carboxylic acids is 1. The van der Waals surface area contributed by atoms with Crippen LogP contribution in [-0.4, -0.2) is 24.9 Å². The third-order valence-corrected chi connectivity index (χ3v) is 7.86. The third kappa shape index (κ3) is 5.22. The van der Waals surface area contributed by atoms with E-state index in [0.29, 0.717) is 33.7 Å². The van der Waals surface area contributed by atoms with Crippen molar-refractivity contribution in [2.45, 2.75) is 30.9 Å². The molecule has 5 aromatic rings. The Morgan fingerprint density at radius 3 is 2.33 bits per heavy atom. The van der Waals surface area contributed by atoms with Crippen molar-refractivity contribution in [3.8, 4) is 17.2 Å². The van der Waals surface area contributed by atoms with E-state index in [-0.39, 0.29) is 52.9 Å². The van der Waals surface area contributed by atoms with Gasteiger partial charge < -0.3 is 19.1 Å². The molecule has 0 bridgehead atoms.